The van der Waals surface area contributed by atoms with Crippen LogP contribution < -0.4 is 11.5 Å². The van der Waals surface area contributed by atoms with Crippen LogP contribution in [0.1, 0.15) is 51.0 Å². The van der Waals surface area contributed by atoms with Gasteiger partial charge >= 0.3 is 0 Å². The summed E-state index contributed by atoms with van der Waals surface area (Å²) in [5.74, 6) is 0.563. The van der Waals surface area contributed by atoms with Crippen molar-refractivity contribution in [3.05, 3.63) is 23.8 Å². The summed E-state index contributed by atoms with van der Waals surface area (Å²) in [7, 11) is 0. The Morgan fingerprint density at radius 3 is 2.53 bits per heavy atom. The molecule has 84 valence electrons. The second-order valence-electron chi connectivity index (χ2n) is 4.10. The van der Waals surface area contributed by atoms with Crippen LogP contribution in [0.4, 0.5) is 11.4 Å². The Morgan fingerprint density at radius 2 is 1.93 bits per heavy atom. The van der Waals surface area contributed by atoms with Crippen molar-refractivity contribution < 1.29 is 0 Å². The van der Waals surface area contributed by atoms with Crippen molar-refractivity contribution in [3.63, 3.8) is 0 Å². The van der Waals surface area contributed by atoms with Crippen molar-refractivity contribution in [1.29, 1.82) is 0 Å². The summed E-state index contributed by atoms with van der Waals surface area (Å²) in [5.41, 5.74) is 14.5. The second-order valence-corrected chi connectivity index (χ2v) is 4.10. The van der Waals surface area contributed by atoms with Gasteiger partial charge in [-0.3, -0.25) is 0 Å². The zero-order valence-electron chi connectivity index (χ0n) is 9.79. The summed E-state index contributed by atoms with van der Waals surface area (Å²) in [6.07, 6.45) is 4.83. The summed E-state index contributed by atoms with van der Waals surface area (Å²) >= 11 is 0. The van der Waals surface area contributed by atoms with Gasteiger partial charge in [0.15, 0.2) is 0 Å². The van der Waals surface area contributed by atoms with Crippen LogP contribution in [0.25, 0.3) is 0 Å². The zero-order valence-corrected chi connectivity index (χ0v) is 9.79. The number of hydrogen-bond donors (Lipinski definition) is 2. The molecule has 0 aliphatic rings. The average Bonchev–Trinajstić information content (AvgIpc) is 2.25. The SMILES string of the molecule is CCCCC(CC)c1cccc(N)c1N. The lowest BCUT2D eigenvalue weighted by Gasteiger charge is -2.18. The molecule has 0 aromatic heterocycles. The molecule has 0 amide bonds. The highest BCUT2D eigenvalue weighted by atomic mass is 14.7. The fourth-order valence-corrected chi connectivity index (χ4v) is 1.99. The molecular formula is C13H22N2. The predicted molar refractivity (Wildman–Crippen MR) is 67.8 cm³/mol. The maximum atomic E-state index is 6.01. The van der Waals surface area contributed by atoms with E-state index in [0.29, 0.717) is 11.6 Å². The molecule has 1 aromatic rings. The van der Waals surface area contributed by atoms with Crippen LogP contribution in [0.3, 0.4) is 0 Å². The minimum absolute atomic E-state index is 0.563. The number of anilines is 2. The first-order chi connectivity index (χ1) is 7.20. The molecule has 1 aromatic carbocycles. The van der Waals surface area contributed by atoms with Crippen molar-refractivity contribution in [3.8, 4) is 0 Å². The predicted octanol–water partition coefficient (Wildman–Crippen LogP) is 3.53. The van der Waals surface area contributed by atoms with Crippen molar-refractivity contribution >= 4 is 11.4 Å². The quantitative estimate of drug-likeness (QED) is 0.724. The smallest absolute Gasteiger partial charge is 0.0583 e. The standard InChI is InChI=1S/C13H22N2/c1-3-5-7-10(4-2)11-8-6-9-12(14)13(11)15/h6,8-10H,3-5,7,14-15H2,1-2H3. The van der Waals surface area contributed by atoms with Gasteiger partial charge in [0.1, 0.15) is 0 Å². The molecule has 1 rings (SSSR count). The molecule has 0 saturated heterocycles. The third kappa shape index (κ3) is 2.88. The van der Waals surface area contributed by atoms with Crippen LogP contribution in [0.2, 0.25) is 0 Å². The van der Waals surface area contributed by atoms with Gasteiger partial charge in [-0.05, 0) is 30.4 Å². The maximum absolute atomic E-state index is 6.01. The summed E-state index contributed by atoms with van der Waals surface area (Å²) in [5, 5.41) is 0. The van der Waals surface area contributed by atoms with Crippen molar-refractivity contribution in [1.82, 2.24) is 0 Å². The van der Waals surface area contributed by atoms with Gasteiger partial charge in [-0.1, -0.05) is 38.8 Å². The van der Waals surface area contributed by atoms with Crippen LogP contribution in [0.5, 0.6) is 0 Å². The Kier molecular flexibility index (Phi) is 4.47. The third-order valence-corrected chi connectivity index (χ3v) is 3.01. The molecule has 0 fully saturated rings. The van der Waals surface area contributed by atoms with E-state index in [-0.39, 0.29) is 0 Å². The Balaban J connectivity index is 2.86. The van der Waals surface area contributed by atoms with E-state index in [4.69, 9.17) is 11.5 Å². The molecule has 2 nitrogen and oxygen atoms in total. The van der Waals surface area contributed by atoms with Gasteiger partial charge in [-0.2, -0.15) is 0 Å². The fraction of sp³-hybridized carbons (Fsp3) is 0.538. The van der Waals surface area contributed by atoms with Crippen molar-refractivity contribution in [2.75, 3.05) is 11.5 Å². The van der Waals surface area contributed by atoms with E-state index in [0.717, 1.165) is 12.1 Å². The number of benzene rings is 1. The second kappa shape index (κ2) is 5.64. The topological polar surface area (TPSA) is 52.0 Å². The van der Waals surface area contributed by atoms with Gasteiger partial charge in [0, 0.05) is 0 Å². The molecule has 0 aliphatic heterocycles. The van der Waals surface area contributed by atoms with Crippen molar-refractivity contribution in [2.45, 2.75) is 45.4 Å². The molecule has 0 saturated carbocycles. The third-order valence-electron chi connectivity index (χ3n) is 3.01. The molecule has 15 heavy (non-hydrogen) atoms. The monoisotopic (exact) mass is 206 g/mol. The Morgan fingerprint density at radius 1 is 1.20 bits per heavy atom. The van der Waals surface area contributed by atoms with Crippen molar-refractivity contribution in [2.24, 2.45) is 0 Å². The van der Waals surface area contributed by atoms with Gasteiger partial charge in [0.25, 0.3) is 0 Å². The molecule has 1 unspecified atom stereocenters. The minimum atomic E-state index is 0.563. The van der Waals surface area contributed by atoms with Crippen LogP contribution in [0.15, 0.2) is 18.2 Å². The Bertz CT molecular complexity index is 307. The molecule has 0 aliphatic carbocycles. The lowest BCUT2D eigenvalue weighted by molar-refractivity contribution is 0.571. The maximum Gasteiger partial charge on any atom is 0.0583 e. The molecular weight excluding hydrogens is 184 g/mol. The van der Waals surface area contributed by atoms with Gasteiger partial charge in [-0.25, -0.2) is 0 Å². The largest absolute Gasteiger partial charge is 0.397 e. The molecule has 2 heteroatoms. The summed E-state index contributed by atoms with van der Waals surface area (Å²) in [4.78, 5) is 0. The summed E-state index contributed by atoms with van der Waals surface area (Å²) in [6, 6.07) is 5.97. The number of hydrogen-bond acceptors (Lipinski definition) is 2. The highest BCUT2D eigenvalue weighted by Gasteiger charge is 2.12. The first kappa shape index (κ1) is 11.9. The molecule has 4 N–H and O–H groups in total. The molecule has 0 spiro atoms. The van der Waals surface area contributed by atoms with E-state index in [1.165, 1.54) is 24.8 Å². The van der Waals surface area contributed by atoms with E-state index in [1.807, 2.05) is 12.1 Å². The number of nitrogens with two attached hydrogens (primary N) is 2. The van der Waals surface area contributed by atoms with Gasteiger partial charge in [0.05, 0.1) is 11.4 Å². The first-order valence-corrected chi connectivity index (χ1v) is 5.84. The highest BCUT2D eigenvalue weighted by Crippen LogP contribution is 2.32. The molecule has 1 atom stereocenters. The fourth-order valence-electron chi connectivity index (χ4n) is 1.99. The van der Waals surface area contributed by atoms with Crippen LogP contribution in [0, 0.1) is 0 Å². The Hall–Kier alpha value is -1.18. The van der Waals surface area contributed by atoms with Gasteiger partial charge < -0.3 is 11.5 Å². The zero-order chi connectivity index (χ0) is 11.3. The van der Waals surface area contributed by atoms with E-state index >= 15 is 0 Å². The lowest BCUT2D eigenvalue weighted by Crippen LogP contribution is -2.04. The number of unbranched alkanes of at least 4 members (excludes halogenated alkanes) is 1. The van der Waals surface area contributed by atoms with Gasteiger partial charge in [0.2, 0.25) is 0 Å². The molecule has 0 radical (unpaired) electrons. The highest BCUT2D eigenvalue weighted by molar-refractivity contribution is 5.67. The van der Waals surface area contributed by atoms with E-state index in [1.54, 1.807) is 0 Å². The number of rotatable bonds is 5. The van der Waals surface area contributed by atoms with Crippen LogP contribution >= 0.6 is 0 Å². The summed E-state index contributed by atoms with van der Waals surface area (Å²) < 4.78 is 0. The minimum Gasteiger partial charge on any atom is -0.397 e. The Labute approximate surface area is 92.7 Å². The first-order valence-electron chi connectivity index (χ1n) is 5.84. The average molecular weight is 206 g/mol. The number of nitrogen functional groups attached to an aromatic ring is 2. The molecule has 0 bridgehead atoms. The molecule has 0 heterocycles. The van der Waals surface area contributed by atoms with Crippen LogP contribution in [-0.2, 0) is 0 Å². The lowest BCUT2D eigenvalue weighted by atomic mass is 9.90. The van der Waals surface area contributed by atoms with E-state index < -0.39 is 0 Å². The summed E-state index contributed by atoms with van der Waals surface area (Å²) in [6.45, 7) is 4.43. The van der Waals surface area contributed by atoms with Gasteiger partial charge in [-0.15, -0.1) is 0 Å². The van der Waals surface area contributed by atoms with E-state index in [9.17, 15) is 0 Å². The normalized spacial score (nSPS) is 12.7. The van der Waals surface area contributed by atoms with Crippen LogP contribution in [-0.4, -0.2) is 0 Å². The van der Waals surface area contributed by atoms with E-state index in [2.05, 4.69) is 19.9 Å². The number of para-hydroxylation sites is 1.